The van der Waals surface area contributed by atoms with Gasteiger partial charge >= 0.3 is 0 Å². The summed E-state index contributed by atoms with van der Waals surface area (Å²) in [6.45, 7) is 2.58. The Morgan fingerprint density at radius 3 is 2.82 bits per heavy atom. The average Bonchev–Trinajstić information content (AvgIpc) is 2.33. The van der Waals surface area contributed by atoms with Gasteiger partial charge in [0.15, 0.2) is 0 Å². The number of hydrogen-bond donors (Lipinski definition) is 2. The number of hydrogen-bond acceptors (Lipinski definition) is 2. The Kier molecular flexibility index (Phi) is 4.00. The van der Waals surface area contributed by atoms with Gasteiger partial charge in [-0.1, -0.05) is 18.9 Å². The van der Waals surface area contributed by atoms with Crippen LogP contribution in [0, 0.1) is 18.7 Å². The summed E-state index contributed by atoms with van der Waals surface area (Å²) in [5.74, 6) is 0.316. The predicted octanol–water partition coefficient (Wildman–Crippen LogP) is 3.06. The van der Waals surface area contributed by atoms with Crippen LogP contribution in [0.15, 0.2) is 18.2 Å². The normalized spacial score (nSPS) is 24.6. The van der Waals surface area contributed by atoms with Crippen LogP contribution in [0.5, 0.6) is 0 Å². The first-order chi connectivity index (χ1) is 8.20. The van der Waals surface area contributed by atoms with Gasteiger partial charge in [0.25, 0.3) is 0 Å². The molecule has 1 fully saturated rings. The topological polar surface area (TPSA) is 38.0 Å². The maximum absolute atomic E-state index is 13.7. The van der Waals surface area contributed by atoms with Crippen molar-refractivity contribution in [2.24, 2.45) is 11.7 Å². The van der Waals surface area contributed by atoms with Crippen LogP contribution in [-0.4, -0.2) is 12.6 Å². The molecule has 2 nitrogen and oxygen atoms in total. The van der Waals surface area contributed by atoms with Crippen molar-refractivity contribution in [2.45, 2.75) is 38.6 Å². The van der Waals surface area contributed by atoms with Crippen molar-refractivity contribution in [3.8, 4) is 0 Å². The van der Waals surface area contributed by atoms with Crippen LogP contribution in [0.1, 0.15) is 31.2 Å². The van der Waals surface area contributed by atoms with Crippen molar-refractivity contribution in [3.63, 3.8) is 0 Å². The van der Waals surface area contributed by atoms with E-state index in [9.17, 15) is 4.39 Å². The molecule has 0 saturated heterocycles. The van der Waals surface area contributed by atoms with E-state index in [4.69, 9.17) is 5.73 Å². The zero-order valence-corrected chi connectivity index (χ0v) is 10.4. The standard InChI is InChI=1S/C14H21FN2/c1-10-6-7-14(12(15)8-10)17-13-5-3-2-4-11(13)9-16/h6-8,11,13,17H,2-5,9,16H2,1H3. The lowest BCUT2D eigenvalue weighted by atomic mass is 9.84. The predicted molar refractivity (Wildman–Crippen MR) is 69.6 cm³/mol. The molecule has 2 atom stereocenters. The molecule has 1 aromatic rings. The summed E-state index contributed by atoms with van der Waals surface area (Å²) in [7, 11) is 0. The van der Waals surface area contributed by atoms with Crippen LogP contribution in [0.3, 0.4) is 0 Å². The number of nitrogens with one attached hydrogen (secondary N) is 1. The number of aryl methyl sites for hydroxylation is 1. The van der Waals surface area contributed by atoms with Crippen LogP contribution in [0.4, 0.5) is 10.1 Å². The molecule has 0 radical (unpaired) electrons. The number of rotatable bonds is 3. The van der Waals surface area contributed by atoms with Crippen LogP contribution in [0.2, 0.25) is 0 Å². The Morgan fingerprint density at radius 2 is 2.12 bits per heavy atom. The summed E-state index contributed by atoms with van der Waals surface area (Å²) in [6, 6.07) is 5.66. The molecule has 0 spiro atoms. The molecular weight excluding hydrogens is 215 g/mol. The highest BCUT2D eigenvalue weighted by atomic mass is 19.1. The lowest BCUT2D eigenvalue weighted by molar-refractivity contribution is 0.332. The van der Waals surface area contributed by atoms with Crippen LogP contribution in [0.25, 0.3) is 0 Å². The first kappa shape index (κ1) is 12.4. The second-order valence-corrected chi connectivity index (χ2v) is 5.01. The van der Waals surface area contributed by atoms with Crippen molar-refractivity contribution in [2.75, 3.05) is 11.9 Å². The van der Waals surface area contributed by atoms with Gasteiger partial charge in [-0.15, -0.1) is 0 Å². The molecule has 1 aliphatic carbocycles. The van der Waals surface area contributed by atoms with E-state index in [1.165, 1.54) is 12.8 Å². The van der Waals surface area contributed by atoms with Crippen molar-refractivity contribution in [3.05, 3.63) is 29.6 Å². The smallest absolute Gasteiger partial charge is 0.146 e. The molecule has 94 valence electrons. The number of anilines is 1. The molecule has 0 aromatic heterocycles. The van der Waals surface area contributed by atoms with Gasteiger partial charge in [-0.05, 0) is 49.9 Å². The van der Waals surface area contributed by atoms with E-state index in [1.54, 1.807) is 6.07 Å². The van der Waals surface area contributed by atoms with Crippen LogP contribution < -0.4 is 11.1 Å². The van der Waals surface area contributed by atoms with Gasteiger partial charge in [-0.25, -0.2) is 4.39 Å². The van der Waals surface area contributed by atoms with Crippen LogP contribution in [-0.2, 0) is 0 Å². The van der Waals surface area contributed by atoms with E-state index in [2.05, 4.69) is 5.32 Å². The monoisotopic (exact) mass is 236 g/mol. The van der Waals surface area contributed by atoms with Gasteiger partial charge in [0.05, 0.1) is 5.69 Å². The highest BCUT2D eigenvalue weighted by Crippen LogP contribution is 2.27. The Morgan fingerprint density at radius 1 is 1.35 bits per heavy atom. The Hall–Kier alpha value is -1.09. The molecule has 1 aliphatic rings. The maximum atomic E-state index is 13.7. The molecule has 2 unspecified atom stereocenters. The van der Waals surface area contributed by atoms with Gasteiger partial charge in [0.2, 0.25) is 0 Å². The van der Waals surface area contributed by atoms with Crippen molar-refractivity contribution < 1.29 is 4.39 Å². The minimum atomic E-state index is -0.161. The lowest BCUT2D eigenvalue weighted by Crippen LogP contribution is -2.36. The molecule has 0 amide bonds. The largest absolute Gasteiger partial charge is 0.380 e. The van der Waals surface area contributed by atoms with E-state index < -0.39 is 0 Å². The average molecular weight is 236 g/mol. The molecule has 3 heteroatoms. The third-order valence-corrected chi connectivity index (χ3v) is 3.68. The summed E-state index contributed by atoms with van der Waals surface area (Å²) in [5, 5.41) is 3.32. The Bertz CT molecular complexity index is 378. The fraction of sp³-hybridized carbons (Fsp3) is 0.571. The Balaban J connectivity index is 2.08. The lowest BCUT2D eigenvalue weighted by Gasteiger charge is -2.32. The third kappa shape index (κ3) is 2.97. The Labute approximate surface area is 102 Å². The number of benzene rings is 1. The summed E-state index contributed by atoms with van der Waals surface area (Å²) >= 11 is 0. The fourth-order valence-electron chi connectivity index (χ4n) is 2.62. The van der Waals surface area contributed by atoms with E-state index in [0.717, 1.165) is 18.4 Å². The number of halogens is 1. The van der Waals surface area contributed by atoms with E-state index in [0.29, 0.717) is 24.2 Å². The van der Waals surface area contributed by atoms with Gasteiger partial charge in [-0.2, -0.15) is 0 Å². The molecule has 0 aliphatic heterocycles. The fourth-order valence-corrected chi connectivity index (χ4v) is 2.62. The molecule has 0 heterocycles. The van der Waals surface area contributed by atoms with Gasteiger partial charge in [0.1, 0.15) is 5.82 Å². The molecule has 3 N–H and O–H groups in total. The molecule has 1 aromatic carbocycles. The second-order valence-electron chi connectivity index (χ2n) is 5.01. The van der Waals surface area contributed by atoms with E-state index in [-0.39, 0.29) is 5.82 Å². The van der Waals surface area contributed by atoms with Gasteiger partial charge in [-0.3, -0.25) is 0 Å². The second kappa shape index (κ2) is 5.50. The molecule has 1 saturated carbocycles. The van der Waals surface area contributed by atoms with E-state index >= 15 is 0 Å². The number of nitrogens with two attached hydrogens (primary N) is 1. The highest BCUT2D eigenvalue weighted by molar-refractivity contribution is 5.47. The minimum absolute atomic E-state index is 0.161. The van der Waals surface area contributed by atoms with Crippen molar-refractivity contribution in [1.82, 2.24) is 0 Å². The van der Waals surface area contributed by atoms with Crippen molar-refractivity contribution in [1.29, 1.82) is 0 Å². The van der Waals surface area contributed by atoms with Gasteiger partial charge in [0, 0.05) is 6.04 Å². The molecule has 2 rings (SSSR count). The molecule has 17 heavy (non-hydrogen) atoms. The van der Waals surface area contributed by atoms with Crippen LogP contribution >= 0.6 is 0 Å². The SMILES string of the molecule is Cc1ccc(NC2CCCCC2CN)c(F)c1. The maximum Gasteiger partial charge on any atom is 0.146 e. The third-order valence-electron chi connectivity index (χ3n) is 3.68. The van der Waals surface area contributed by atoms with Crippen molar-refractivity contribution >= 4 is 5.69 Å². The molecule has 0 bridgehead atoms. The first-order valence-electron chi connectivity index (χ1n) is 6.43. The summed E-state index contributed by atoms with van der Waals surface area (Å²) in [6.07, 6.45) is 4.70. The summed E-state index contributed by atoms with van der Waals surface area (Å²) < 4.78 is 13.7. The van der Waals surface area contributed by atoms with E-state index in [1.807, 2.05) is 19.1 Å². The quantitative estimate of drug-likeness (QED) is 0.846. The summed E-state index contributed by atoms with van der Waals surface area (Å²) in [5.41, 5.74) is 7.34. The molecular formula is C14H21FN2. The summed E-state index contributed by atoms with van der Waals surface area (Å²) in [4.78, 5) is 0. The zero-order chi connectivity index (χ0) is 12.3. The van der Waals surface area contributed by atoms with Gasteiger partial charge < -0.3 is 11.1 Å². The minimum Gasteiger partial charge on any atom is -0.380 e. The zero-order valence-electron chi connectivity index (χ0n) is 10.4. The highest BCUT2D eigenvalue weighted by Gasteiger charge is 2.24. The first-order valence-corrected chi connectivity index (χ1v) is 6.43.